The quantitative estimate of drug-likeness (QED) is 0.531. The van der Waals surface area contributed by atoms with E-state index in [-0.39, 0.29) is 5.91 Å². The SMILES string of the molecule is NC(=O)CCCCCC1CCCCCC1. The zero-order valence-electron chi connectivity index (χ0n) is 9.84. The maximum Gasteiger partial charge on any atom is 0.217 e. The van der Waals surface area contributed by atoms with Gasteiger partial charge in [0.1, 0.15) is 0 Å². The lowest BCUT2D eigenvalue weighted by molar-refractivity contribution is -0.118. The summed E-state index contributed by atoms with van der Waals surface area (Å²) in [5.74, 6) is 0.825. The van der Waals surface area contributed by atoms with E-state index in [4.69, 9.17) is 5.73 Å². The minimum atomic E-state index is -0.149. The second kappa shape index (κ2) is 7.72. The number of hydrogen-bond acceptors (Lipinski definition) is 1. The maximum absolute atomic E-state index is 10.5. The van der Waals surface area contributed by atoms with Crippen LogP contribution in [-0.2, 0) is 4.79 Å². The van der Waals surface area contributed by atoms with Crippen molar-refractivity contribution in [1.82, 2.24) is 0 Å². The van der Waals surface area contributed by atoms with Gasteiger partial charge >= 0.3 is 0 Å². The molecule has 0 atom stereocenters. The summed E-state index contributed by atoms with van der Waals surface area (Å²) in [6, 6.07) is 0. The molecule has 0 spiro atoms. The van der Waals surface area contributed by atoms with Crippen LogP contribution in [0, 0.1) is 5.92 Å². The fraction of sp³-hybridized carbons (Fsp3) is 0.923. The van der Waals surface area contributed by atoms with E-state index in [9.17, 15) is 4.79 Å². The zero-order valence-corrected chi connectivity index (χ0v) is 9.84. The Balaban J connectivity index is 1.96. The van der Waals surface area contributed by atoms with E-state index in [1.807, 2.05) is 0 Å². The van der Waals surface area contributed by atoms with Crippen molar-refractivity contribution >= 4 is 5.91 Å². The number of amides is 1. The van der Waals surface area contributed by atoms with Gasteiger partial charge in [0.25, 0.3) is 0 Å². The highest BCUT2D eigenvalue weighted by Crippen LogP contribution is 2.27. The number of carbonyl (C=O) groups excluding carboxylic acids is 1. The minimum absolute atomic E-state index is 0.149. The molecule has 0 aromatic rings. The van der Waals surface area contributed by atoms with Crippen molar-refractivity contribution in [2.75, 3.05) is 0 Å². The van der Waals surface area contributed by atoms with E-state index in [2.05, 4.69) is 0 Å². The van der Waals surface area contributed by atoms with Crippen LogP contribution in [0.2, 0.25) is 0 Å². The lowest BCUT2D eigenvalue weighted by Gasteiger charge is -2.12. The smallest absolute Gasteiger partial charge is 0.217 e. The fourth-order valence-corrected chi connectivity index (χ4v) is 2.56. The van der Waals surface area contributed by atoms with Crippen molar-refractivity contribution in [1.29, 1.82) is 0 Å². The highest BCUT2D eigenvalue weighted by atomic mass is 16.1. The van der Waals surface area contributed by atoms with Gasteiger partial charge in [0.05, 0.1) is 0 Å². The van der Waals surface area contributed by atoms with Crippen molar-refractivity contribution in [2.45, 2.75) is 70.6 Å². The van der Waals surface area contributed by atoms with E-state index in [1.165, 1.54) is 57.8 Å². The lowest BCUT2D eigenvalue weighted by Crippen LogP contribution is -2.09. The van der Waals surface area contributed by atoms with Crippen LogP contribution in [0.4, 0.5) is 0 Å². The van der Waals surface area contributed by atoms with Gasteiger partial charge in [-0.3, -0.25) is 4.79 Å². The summed E-state index contributed by atoms with van der Waals surface area (Å²) >= 11 is 0. The van der Waals surface area contributed by atoms with Crippen molar-refractivity contribution < 1.29 is 4.79 Å². The summed E-state index contributed by atoms with van der Waals surface area (Å²) in [6.07, 6.45) is 14.0. The summed E-state index contributed by atoms with van der Waals surface area (Å²) in [5.41, 5.74) is 5.10. The third kappa shape index (κ3) is 6.53. The molecule has 0 saturated heterocycles. The Kier molecular flexibility index (Phi) is 6.45. The molecule has 1 aliphatic carbocycles. The van der Waals surface area contributed by atoms with Crippen LogP contribution >= 0.6 is 0 Å². The summed E-state index contributed by atoms with van der Waals surface area (Å²) in [7, 11) is 0. The van der Waals surface area contributed by atoms with Gasteiger partial charge in [-0.15, -0.1) is 0 Å². The van der Waals surface area contributed by atoms with E-state index in [0.717, 1.165) is 12.3 Å². The molecule has 0 aromatic heterocycles. The zero-order chi connectivity index (χ0) is 10.9. The first kappa shape index (κ1) is 12.5. The molecule has 0 radical (unpaired) electrons. The maximum atomic E-state index is 10.5. The van der Waals surface area contributed by atoms with Crippen LogP contribution in [0.5, 0.6) is 0 Å². The largest absolute Gasteiger partial charge is 0.370 e. The highest BCUT2D eigenvalue weighted by molar-refractivity contribution is 5.73. The van der Waals surface area contributed by atoms with Gasteiger partial charge in [-0.1, -0.05) is 57.8 Å². The van der Waals surface area contributed by atoms with Crippen molar-refractivity contribution in [3.05, 3.63) is 0 Å². The molecule has 2 heteroatoms. The second-order valence-electron chi connectivity index (χ2n) is 4.92. The monoisotopic (exact) mass is 211 g/mol. The Morgan fingerprint density at radius 1 is 1.00 bits per heavy atom. The highest BCUT2D eigenvalue weighted by Gasteiger charge is 2.11. The van der Waals surface area contributed by atoms with Gasteiger partial charge < -0.3 is 5.73 Å². The fourth-order valence-electron chi connectivity index (χ4n) is 2.56. The molecule has 2 N–H and O–H groups in total. The summed E-state index contributed by atoms with van der Waals surface area (Å²) in [4.78, 5) is 10.5. The molecule has 1 saturated carbocycles. The van der Waals surface area contributed by atoms with Crippen molar-refractivity contribution in [3.8, 4) is 0 Å². The summed E-state index contributed by atoms with van der Waals surface area (Å²) in [5, 5.41) is 0. The summed E-state index contributed by atoms with van der Waals surface area (Å²) in [6.45, 7) is 0. The van der Waals surface area contributed by atoms with Crippen LogP contribution in [0.1, 0.15) is 70.6 Å². The average Bonchev–Trinajstić information content (AvgIpc) is 2.45. The van der Waals surface area contributed by atoms with Crippen LogP contribution < -0.4 is 5.73 Å². The molecule has 1 fully saturated rings. The number of nitrogens with two attached hydrogens (primary N) is 1. The molecule has 1 aliphatic rings. The Hall–Kier alpha value is -0.530. The Bertz CT molecular complexity index is 171. The second-order valence-corrected chi connectivity index (χ2v) is 4.92. The predicted octanol–water partition coefficient (Wildman–Crippen LogP) is 3.39. The molecule has 0 aromatic carbocycles. The number of carbonyl (C=O) groups is 1. The molecule has 1 rings (SSSR count). The first-order chi connectivity index (χ1) is 7.29. The van der Waals surface area contributed by atoms with Crippen molar-refractivity contribution in [3.63, 3.8) is 0 Å². The molecular formula is C13H25NO. The van der Waals surface area contributed by atoms with Crippen molar-refractivity contribution in [2.24, 2.45) is 11.7 Å². The number of rotatable bonds is 6. The van der Waals surface area contributed by atoms with E-state index < -0.39 is 0 Å². The van der Waals surface area contributed by atoms with Gasteiger partial charge in [0.2, 0.25) is 5.91 Å². The third-order valence-corrected chi connectivity index (χ3v) is 3.51. The lowest BCUT2D eigenvalue weighted by atomic mass is 9.94. The molecule has 88 valence electrons. The van der Waals surface area contributed by atoms with Gasteiger partial charge in [-0.05, 0) is 12.3 Å². The summed E-state index contributed by atoms with van der Waals surface area (Å²) < 4.78 is 0. The molecule has 0 bridgehead atoms. The normalized spacial score (nSPS) is 18.7. The molecule has 0 unspecified atom stereocenters. The van der Waals surface area contributed by atoms with Gasteiger partial charge in [0.15, 0.2) is 0 Å². The third-order valence-electron chi connectivity index (χ3n) is 3.51. The number of hydrogen-bond donors (Lipinski definition) is 1. The molecule has 0 aliphatic heterocycles. The first-order valence-corrected chi connectivity index (χ1v) is 6.57. The van der Waals surface area contributed by atoms with Crippen LogP contribution in [0.25, 0.3) is 0 Å². The van der Waals surface area contributed by atoms with Gasteiger partial charge in [-0.25, -0.2) is 0 Å². The average molecular weight is 211 g/mol. The molecule has 0 heterocycles. The number of unbranched alkanes of at least 4 members (excludes halogenated alkanes) is 2. The standard InChI is InChI=1S/C13H25NO/c14-13(15)11-7-3-6-10-12-8-4-1-2-5-9-12/h12H,1-11H2,(H2,14,15). The van der Waals surface area contributed by atoms with E-state index in [1.54, 1.807) is 0 Å². The van der Waals surface area contributed by atoms with Crippen LogP contribution in [0.3, 0.4) is 0 Å². The molecular weight excluding hydrogens is 186 g/mol. The topological polar surface area (TPSA) is 43.1 Å². The molecule has 1 amide bonds. The molecule has 2 nitrogen and oxygen atoms in total. The van der Waals surface area contributed by atoms with Gasteiger partial charge in [-0.2, -0.15) is 0 Å². The van der Waals surface area contributed by atoms with Crippen LogP contribution in [-0.4, -0.2) is 5.91 Å². The minimum Gasteiger partial charge on any atom is -0.370 e. The Morgan fingerprint density at radius 2 is 1.67 bits per heavy atom. The first-order valence-electron chi connectivity index (χ1n) is 6.57. The van der Waals surface area contributed by atoms with Crippen LogP contribution in [0.15, 0.2) is 0 Å². The van der Waals surface area contributed by atoms with Gasteiger partial charge in [0, 0.05) is 6.42 Å². The Labute approximate surface area is 93.6 Å². The van der Waals surface area contributed by atoms with E-state index in [0.29, 0.717) is 6.42 Å². The number of primary amides is 1. The van der Waals surface area contributed by atoms with E-state index >= 15 is 0 Å². The Morgan fingerprint density at radius 3 is 2.27 bits per heavy atom. The molecule has 15 heavy (non-hydrogen) atoms. The predicted molar refractivity (Wildman–Crippen MR) is 63.5 cm³/mol.